The van der Waals surface area contributed by atoms with E-state index in [1.807, 2.05) is 31.3 Å². The van der Waals surface area contributed by atoms with Crippen molar-refractivity contribution < 1.29 is 0 Å². The molecule has 3 rings (SSSR count). The van der Waals surface area contributed by atoms with Crippen molar-refractivity contribution in [2.45, 2.75) is 6.92 Å². The maximum absolute atomic E-state index is 4.41. The Morgan fingerprint density at radius 2 is 1.90 bits per heavy atom. The first-order chi connectivity index (χ1) is 9.66. The third-order valence-corrected chi connectivity index (χ3v) is 3.33. The molecule has 0 saturated carbocycles. The molecule has 0 spiro atoms. The summed E-state index contributed by atoms with van der Waals surface area (Å²) in [6, 6.07) is 8.29. The monoisotopic (exact) mass is 264 g/mol. The fraction of sp³-hybridized carbons (Fsp3) is 0.188. The summed E-state index contributed by atoms with van der Waals surface area (Å²) in [4.78, 5) is 15.0. The van der Waals surface area contributed by atoms with Crippen LogP contribution in [-0.2, 0) is 0 Å². The van der Waals surface area contributed by atoms with Gasteiger partial charge in [-0.25, -0.2) is 9.97 Å². The average molecular weight is 264 g/mol. The minimum atomic E-state index is 0.934. The van der Waals surface area contributed by atoms with Gasteiger partial charge in [0.2, 0.25) is 0 Å². The first-order valence-corrected chi connectivity index (χ1v) is 6.50. The van der Waals surface area contributed by atoms with Crippen LogP contribution in [0.3, 0.4) is 0 Å². The Labute approximate surface area is 118 Å². The number of nitrogens with zero attached hydrogens (tertiary/aromatic N) is 4. The van der Waals surface area contributed by atoms with Crippen molar-refractivity contribution in [2.24, 2.45) is 0 Å². The van der Waals surface area contributed by atoms with E-state index in [2.05, 4.69) is 40.1 Å². The van der Waals surface area contributed by atoms with E-state index in [4.69, 9.17) is 0 Å². The smallest absolute Gasteiger partial charge is 0.139 e. The zero-order valence-electron chi connectivity index (χ0n) is 11.8. The molecule has 100 valence electrons. The van der Waals surface area contributed by atoms with Crippen LogP contribution in [-0.4, -0.2) is 29.0 Å². The maximum atomic E-state index is 4.41. The number of fused-ring (bicyclic) bond motifs is 1. The summed E-state index contributed by atoms with van der Waals surface area (Å²) in [5.74, 6) is 0.934. The molecule has 2 aromatic heterocycles. The van der Waals surface area contributed by atoms with Gasteiger partial charge in [0.1, 0.15) is 12.1 Å². The highest BCUT2D eigenvalue weighted by Crippen LogP contribution is 2.29. The average Bonchev–Trinajstić information content (AvgIpc) is 2.47. The molecule has 0 aliphatic carbocycles. The highest BCUT2D eigenvalue weighted by atomic mass is 15.1. The molecule has 4 heteroatoms. The quantitative estimate of drug-likeness (QED) is 0.713. The van der Waals surface area contributed by atoms with Crippen LogP contribution in [0, 0.1) is 6.92 Å². The molecule has 2 heterocycles. The first-order valence-electron chi connectivity index (χ1n) is 6.50. The number of aryl methyl sites for hydroxylation is 1. The van der Waals surface area contributed by atoms with Gasteiger partial charge in [-0.15, -0.1) is 0 Å². The first kappa shape index (κ1) is 12.5. The second-order valence-electron chi connectivity index (χ2n) is 5.02. The molecular formula is C16H16N4. The second kappa shape index (κ2) is 4.89. The molecule has 0 N–H and O–H groups in total. The van der Waals surface area contributed by atoms with Crippen LogP contribution < -0.4 is 4.90 Å². The third kappa shape index (κ3) is 2.09. The van der Waals surface area contributed by atoms with E-state index in [9.17, 15) is 0 Å². The van der Waals surface area contributed by atoms with E-state index < -0.39 is 0 Å². The number of pyridine rings is 1. The zero-order chi connectivity index (χ0) is 14.1. The lowest BCUT2D eigenvalue weighted by molar-refractivity contribution is 1.06. The minimum Gasteiger partial charge on any atom is -0.362 e. The molecule has 0 aliphatic rings. The van der Waals surface area contributed by atoms with Crippen LogP contribution in [0.4, 0.5) is 5.82 Å². The summed E-state index contributed by atoms with van der Waals surface area (Å²) in [5.41, 5.74) is 4.38. The van der Waals surface area contributed by atoms with Crippen molar-refractivity contribution in [2.75, 3.05) is 19.0 Å². The van der Waals surface area contributed by atoms with Crippen molar-refractivity contribution in [3.05, 3.63) is 48.5 Å². The van der Waals surface area contributed by atoms with Gasteiger partial charge in [0.05, 0.1) is 5.52 Å². The molecule has 20 heavy (non-hydrogen) atoms. The number of aromatic nitrogens is 3. The summed E-state index contributed by atoms with van der Waals surface area (Å²) in [7, 11) is 3.99. The summed E-state index contributed by atoms with van der Waals surface area (Å²) in [5, 5.41) is 1.07. The number of rotatable bonds is 2. The van der Waals surface area contributed by atoms with Crippen molar-refractivity contribution in [1.82, 2.24) is 15.0 Å². The Kier molecular flexibility index (Phi) is 3.06. The van der Waals surface area contributed by atoms with Crippen LogP contribution in [0.5, 0.6) is 0 Å². The zero-order valence-corrected chi connectivity index (χ0v) is 11.8. The lowest BCUT2D eigenvalue weighted by Gasteiger charge is -2.15. The predicted molar refractivity (Wildman–Crippen MR) is 81.8 cm³/mol. The third-order valence-electron chi connectivity index (χ3n) is 3.33. The molecule has 0 bridgehead atoms. The van der Waals surface area contributed by atoms with Gasteiger partial charge in [0.25, 0.3) is 0 Å². The van der Waals surface area contributed by atoms with E-state index in [1.54, 1.807) is 12.5 Å². The molecule has 1 aromatic carbocycles. The number of benzene rings is 1. The lowest BCUT2D eigenvalue weighted by Crippen LogP contribution is -2.11. The topological polar surface area (TPSA) is 41.9 Å². The lowest BCUT2D eigenvalue weighted by atomic mass is 10.0. The molecule has 0 fully saturated rings. The number of anilines is 1. The summed E-state index contributed by atoms with van der Waals surface area (Å²) in [6.07, 6.45) is 5.28. The molecule has 0 aliphatic heterocycles. The normalized spacial score (nSPS) is 10.8. The van der Waals surface area contributed by atoms with Crippen LogP contribution in [0.2, 0.25) is 0 Å². The molecular weight excluding hydrogens is 248 g/mol. The Morgan fingerprint density at radius 3 is 2.60 bits per heavy atom. The molecule has 0 radical (unpaired) electrons. The van der Waals surface area contributed by atoms with Crippen molar-refractivity contribution in [3.63, 3.8) is 0 Å². The standard InChI is InChI=1S/C16H16N4/c1-11-7-13(12-5-4-6-17-9-12)8-14-15(11)18-10-19-16(14)20(2)3/h4-10H,1-3H3. The van der Waals surface area contributed by atoms with E-state index in [1.165, 1.54) is 0 Å². The van der Waals surface area contributed by atoms with Gasteiger partial charge in [-0.1, -0.05) is 6.07 Å². The van der Waals surface area contributed by atoms with Gasteiger partial charge in [0.15, 0.2) is 0 Å². The van der Waals surface area contributed by atoms with Crippen LogP contribution >= 0.6 is 0 Å². The largest absolute Gasteiger partial charge is 0.362 e. The minimum absolute atomic E-state index is 0.934. The van der Waals surface area contributed by atoms with Gasteiger partial charge in [-0.3, -0.25) is 4.98 Å². The van der Waals surface area contributed by atoms with Gasteiger partial charge in [-0.05, 0) is 36.2 Å². The highest BCUT2D eigenvalue weighted by molar-refractivity contribution is 5.94. The van der Waals surface area contributed by atoms with Crippen LogP contribution in [0.25, 0.3) is 22.0 Å². The summed E-state index contributed by atoms with van der Waals surface area (Å²) >= 11 is 0. The fourth-order valence-corrected chi connectivity index (χ4v) is 2.39. The second-order valence-corrected chi connectivity index (χ2v) is 5.02. The molecule has 0 atom stereocenters. The molecule has 3 aromatic rings. The maximum Gasteiger partial charge on any atom is 0.139 e. The Balaban J connectivity index is 2.30. The van der Waals surface area contributed by atoms with Crippen molar-refractivity contribution >= 4 is 16.7 Å². The summed E-state index contributed by atoms with van der Waals surface area (Å²) in [6.45, 7) is 2.08. The molecule has 4 nitrogen and oxygen atoms in total. The fourth-order valence-electron chi connectivity index (χ4n) is 2.39. The highest BCUT2D eigenvalue weighted by Gasteiger charge is 2.10. The summed E-state index contributed by atoms with van der Waals surface area (Å²) < 4.78 is 0. The Morgan fingerprint density at radius 1 is 1.05 bits per heavy atom. The molecule has 0 unspecified atom stereocenters. The molecule has 0 saturated heterocycles. The van der Waals surface area contributed by atoms with Gasteiger partial charge in [-0.2, -0.15) is 0 Å². The van der Waals surface area contributed by atoms with E-state index >= 15 is 0 Å². The SMILES string of the molecule is Cc1cc(-c2cccnc2)cc2c(N(C)C)ncnc12. The van der Waals surface area contributed by atoms with Crippen LogP contribution in [0.15, 0.2) is 43.0 Å². The van der Waals surface area contributed by atoms with E-state index in [0.29, 0.717) is 0 Å². The number of hydrogen-bond acceptors (Lipinski definition) is 4. The van der Waals surface area contributed by atoms with E-state index in [0.717, 1.165) is 33.4 Å². The van der Waals surface area contributed by atoms with Gasteiger partial charge >= 0.3 is 0 Å². The Bertz CT molecular complexity index is 751. The molecule has 0 amide bonds. The van der Waals surface area contributed by atoms with Gasteiger partial charge < -0.3 is 4.90 Å². The van der Waals surface area contributed by atoms with Crippen LogP contribution in [0.1, 0.15) is 5.56 Å². The Hall–Kier alpha value is -2.49. The van der Waals surface area contributed by atoms with Gasteiger partial charge in [0, 0.05) is 37.4 Å². The van der Waals surface area contributed by atoms with E-state index in [-0.39, 0.29) is 0 Å². The predicted octanol–water partition coefficient (Wildman–Crippen LogP) is 3.07. The van der Waals surface area contributed by atoms with Crippen molar-refractivity contribution in [1.29, 1.82) is 0 Å². The van der Waals surface area contributed by atoms with Crippen molar-refractivity contribution in [3.8, 4) is 11.1 Å². The number of hydrogen-bond donors (Lipinski definition) is 0.